The normalized spacial score (nSPS) is 10.6. The lowest BCUT2D eigenvalue weighted by molar-refractivity contribution is 0.411. The molecule has 0 spiro atoms. The van der Waals surface area contributed by atoms with E-state index in [-0.39, 0.29) is 0 Å². The molecule has 0 bridgehead atoms. The van der Waals surface area contributed by atoms with Crippen LogP contribution in [0.2, 0.25) is 0 Å². The first-order chi connectivity index (χ1) is 8.43. The summed E-state index contributed by atoms with van der Waals surface area (Å²) in [6.45, 7) is 0.492. The smallest absolute Gasteiger partial charge is 0.213 e. The average Bonchev–Trinajstić information content (AvgIpc) is 2.89. The molecule has 0 radical (unpaired) electrons. The molecule has 0 aliphatic heterocycles. The van der Waals surface area contributed by atoms with Gasteiger partial charge in [-0.1, -0.05) is 23.4 Å². The van der Waals surface area contributed by atoms with Crippen LogP contribution in [0.4, 0.5) is 5.69 Å². The van der Waals surface area contributed by atoms with Crippen molar-refractivity contribution in [2.45, 2.75) is 6.54 Å². The van der Waals surface area contributed by atoms with Crippen molar-refractivity contribution in [3.05, 3.63) is 42.7 Å². The van der Waals surface area contributed by atoms with Crippen LogP contribution in [0.5, 0.6) is 0 Å². The van der Waals surface area contributed by atoms with Gasteiger partial charge in [-0.25, -0.2) is 0 Å². The summed E-state index contributed by atoms with van der Waals surface area (Å²) in [7, 11) is 0. The highest BCUT2D eigenvalue weighted by molar-refractivity contribution is 5.90. The minimum Gasteiger partial charge on any atom is -0.376 e. The zero-order valence-corrected chi connectivity index (χ0v) is 8.87. The maximum Gasteiger partial charge on any atom is 0.213 e. The van der Waals surface area contributed by atoms with Crippen molar-refractivity contribution in [1.82, 2.24) is 20.3 Å². The Kier molecular flexibility index (Phi) is 2.38. The molecule has 3 rings (SSSR count). The average molecular weight is 227 g/mol. The van der Waals surface area contributed by atoms with E-state index >= 15 is 0 Å². The molecule has 0 saturated heterocycles. The van der Waals surface area contributed by atoms with Crippen molar-refractivity contribution in [3.8, 4) is 0 Å². The van der Waals surface area contributed by atoms with Crippen LogP contribution in [-0.2, 0) is 6.54 Å². The van der Waals surface area contributed by atoms with E-state index in [9.17, 15) is 0 Å². The highest BCUT2D eigenvalue weighted by Crippen LogP contribution is 2.19. The van der Waals surface area contributed by atoms with Gasteiger partial charge in [-0.2, -0.15) is 15.2 Å². The van der Waals surface area contributed by atoms with Crippen LogP contribution in [-0.4, -0.2) is 20.3 Å². The molecule has 0 atom stereocenters. The molecule has 0 aliphatic rings. The summed E-state index contributed by atoms with van der Waals surface area (Å²) in [5.74, 6) is 0.603. The summed E-state index contributed by atoms with van der Waals surface area (Å²) in [5.41, 5.74) is 1.76. The Morgan fingerprint density at radius 2 is 2.18 bits per heavy atom. The fourth-order valence-electron chi connectivity index (χ4n) is 1.59. The lowest BCUT2D eigenvalue weighted by Crippen LogP contribution is -2.02. The Labute approximate surface area is 96.7 Å². The van der Waals surface area contributed by atoms with E-state index in [2.05, 4.69) is 30.2 Å². The molecule has 2 aromatic heterocycles. The van der Waals surface area contributed by atoms with Crippen LogP contribution in [0.25, 0.3) is 10.9 Å². The highest BCUT2D eigenvalue weighted by atomic mass is 16.5. The van der Waals surface area contributed by atoms with Gasteiger partial charge in [-0.15, -0.1) is 0 Å². The van der Waals surface area contributed by atoms with Crippen LogP contribution in [0.15, 0.2) is 41.4 Å². The molecule has 1 N–H and O–H groups in total. The third-order valence-electron chi connectivity index (χ3n) is 2.39. The Morgan fingerprint density at radius 1 is 1.24 bits per heavy atom. The van der Waals surface area contributed by atoms with Gasteiger partial charge in [0.2, 0.25) is 6.39 Å². The molecule has 0 unspecified atom stereocenters. The number of benzene rings is 1. The van der Waals surface area contributed by atoms with Crippen LogP contribution in [0, 0.1) is 0 Å². The first-order valence-corrected chi connectivity index (χ1v) is 5.13. The van der Waals surface area contributed by atoms with E-state index in [0.717, 1.165) is 16.6 Å². The quantitative estimate of drug-likeness (QED) is 0.732. The molecule has 2 heterocycles. The standard InChI is InChI=1S/C11H9N5O/c1-2-4-9-8(3-1)10(5-14-15-9)12-6-11-13-7-17-16-11/h1-5,7H,6H2,(H,12,15). The number of fused-ring (bicyclic) bond motifs is 1. The van der Waals surface area contributed by atoms with Crippen molar-refractivity contribution in [2.24, 2.45) is 0 Å². The maximum atomic E-state index is 4.66. The molecule has 84 valence electrons. The number of nitrogens with zero attached hydrogens (tertiary/aromatic N) is 4. The summed E-state index contributed by atoms with van der Waals surface area (Å²) in [6, 6.07) is 7.80. The molecule has 17 heavy (non-hydrogen) atoms. The predicted molar refractivity (Wildman–Crippen MR) is 61.2 cm³/mol. The zero-order valence-electron chi connectivity index (χ0n) is 8.87. The largest absolute Gasteiger partial charge is 0.376 e. The highest BCUT2D eigenvalue weighted by Gasteiger charge is 2.03. The first-order valence-electron chi connectivity index (χ1n) is 5.13. The Morgan fingerprint density at radius 3 is 3.06 bits per heavy atom. The Hall–Kier alpha value is -2.50. The zero-order chi connectivity index (χ0) is 11.5. The molecule has 0 saturated carbocycles. The van der Waals surface area contributed by atoms with E-state index in [1.807, 2.05) is 24.3 Å². The molecule has 6 heteroatoms. The van der Waals surface area contributed by atoms with Gasteiger partial charge in [-0.05, 0) is 6.07 Å². The van der Waals surface area contributed by atoms with Gasteiger partial charge in [0.15, 0.2) is 5.82 Å². The number of hydrogen-bond donors (Lipinski definition) is 1. The second kappa shape index (κ2) is 4.17. The number of anilines is 1. The number of hydrogen-bond acceptors (Lipinski definition) is 6. The number of nitrogens with one attached hydrogen (secondary N) is 1. The maximum absolute atomic E-state index is 4.66. The van der Waals surface area contributed by atoms with E-state index in [0.29, 0.717) is 12.4 Å². The summed E-state index contributed by atoms with van der Waals surface area (Å²) >= 11 is 0. The van der Waals surface area contributed by atoms with E-state index in [4.69, 9.17) is 0 Å². The summed E-state index contributed by atoms with van der Waals surface area (Å²) < 4.78 is 4.66. The monoisotopic (exact) mass is 227 g/mol. The summed E-state index contributed by atoms with van der Waals surface area (Å²) in [5, 5.41) is 15.9. The van der Waals surface area contributed by atoms with Crippen molar-refractivity contribution in [3.63, 3.8) is 0 Å². The van der Waals surface area contributed by atoms with Gasteiger partial charge in [0, 0.05) is 5.39 Å². The van der Waals surface area contributed by atoms with Gasteiger partial charge in [0.05, 0.1) is 23.9 Å². The van der Waals surface area contributed by atoms with Crippen molar-refractivity contribution < 1.29 is 4.52 Å². The third-order valence-corrected chi connectivity index (χ3v) is 2.39. The molecule has 0 amide bonds. The molecular weight excluding hydrogens is 218 g/mol. The topological polar surface area (TPSA) is 76.7 Å². The Bertz CT molecular complexity index is 617. The molecule has 0 aliphatic carbocycles. The van der Waals surface area contributed by atoms with Gasteiger partial charge in [0.25, 0.3) is 0 Å². The SMILES string of the molecule is c1ccc2c(NCc3ncon3)cnnc2c1. The van der Waals surface area contributed by atoms with Crippen LogP contribution in [0.3, 0.4) is 0 Å². The first kappa shape index (κ1) is 9.71. The fraction of sp³-hybridized carbons (Fsp3) is 0.0909. The molecule has 6 nitrogen and oxygen atoms in total. The van der Waals surface area contributed by atoms with Crippen LogP contribution >= 0.6 is 0 Å². The van der Waals surface area contributed by atoms with Crippen molar-refractivity contribution >= 4 is 16.6 Å². The molecule has 0 fully saturated rings. The number of rotatable bonds is 3. The minimum absolute atomic E-state index is 0.492. The van der Waals surface area contributed by atoms with Gasteiger partial charge in [-0.3, -0.25) is 0 Å². The van der Waals surface area contributed by atoms with E-state index < -0.39 is 0 Å². The summed E-state index contributed by atoms with van der Waals surface area (Å²) in [4.78, 5) is 3.94. The van der Waals surface area contributed by atoms with Crippen molar-refractivity contribution in [1.29, 1.82) is 0 Å². The third kappa shape index (κ3) is 1.92. The summed E-state index contributed by atoms with van der Waals surface area (Å²) in [6.07, 6.45) is 2.99. The van der Waals surface area contributed by atoms with E-state index in [1.165, 1.54) is 6.39 Å². The molecule has 3 aromatic rings. The second-order valence-corrected chi connectivity index (χ2v) is 3.48. The molecule has 1 aromatic carbocycles. The molecular formula is C11H9N5O. The van der Waals surface area contributed by atoms with Gasteiger partial charge < -0.3 is 9.84 Å². The lowest BCUT2D eigenvalue weighted by Gasteiger charge is -2.05. The van der Waals surface area contributed by atoms with Crippen molar-refractivity contribution in [2.75, 3.05) is 5.32 Å². The van der Waals surface area contributed by atoms with Crippen LogP contribution < -0.4 is 5.32 Å². The van der Waals surface area contributed by atoms with Gasteiger partial charge >= 0.3 is 0 Å². The minimum atomic E-state index is 0.492. The number of aromatic nitrogens is 4. The predicted octanol–water partition coefficient (Wildman–Crippen LogP) is 1.62. The second-order valence-electron chi connectivity index (χ2n) is 3.48. The lowest BCUT2D eigenvalue weighted by atomic mass is 10.2. The Balaban J connectivity index is 1.90. The van der Waals surface area contributed by atoms with Crippen LogP contribution in [0.1, 0.15) is 5.82 Å². The van der Waals surface area contributed by atoms with Gasteiger partial charge in [0.1, 0.15) is 0 Å². The fourth-order valence-corrected chi connectivity index (χ4v) is 1.59. The van der Waals surface area contributed by atoms with E-state index in [1.54, 1.807) is 6.20 Å².